The third-order valence-electron chi connectivity index (χ3n) is 2.74. The lowest BCUT2D eigenvalue weighted by Crippen LogP contribution is -2.45. The number of nitrogens with zero attached hydrogens (tertiary/aromatic N) is 1. The van der Waals surface area contributed by atoms with E-state index in [0.29, 0.717) is 18.9 Å². The molecule has 1 aromatic rings. The van der Waals surface area contributed by atoms with Gasteiger partial charge in [-0.15, -0.1) is 0 Å². The topological polar surface area (TPSA) is 71.8 Å². The van der Waals surface area contributed by atoms with Crippen LogP contribution in [0.1, 0.15) is 19.6 Å². The van der Waals surface area contributed by atoms with E-state index in [0.717, 1.165) is 0 Å². The summed E-state index contributed by atoms with van der Waals surface area (Å²) in [6.07, 6.45) is 1.55. The van der Waals surface area contributed by atoms with Gasteiger partial charge in [-0.05, 0) is 33.0 Å². The van der Waals surface area contributed by atoms with E-state index in [9.17, 15) is 9.59 Å². The minimum absolute atomic E-state index is 0.0865. The predicted molar refractivity (Wildman–Crippen MR) is 69.3 cm³/mol. The van der Waals surface area contributed by atoms with Crippen LogP contribution in [-0.2, 0) is 20.9 Å². The molecule has 0 aliphatic carbocycles. The van der Waals surface area contributed by atoms with Gasteiger partial charge in [-0.3, -0.25) is 14.5 Å². The van der Waals surface area contributed by atoms with Crippen molar-refractivity contribution in [3.63, 3.8) is 0 Å². The summed E-state index contributed by atoms with van der Waals surface area (Å²) in [7, 11) is 1.70. The zero-order valence-corrected chi connectivity index (χ0v) is 11.5. The van der Waals surface area contributed by atoms with Crippen LogP contribution < -0.4 is 5.32 Å². The molecule has 1 heterocycles. The number of amides is 1. The van der Waals surface area contributed by atoms with Crippen molar-refractivity contribution < 1.29 is 18.7 Å². The molecule has 1 aromatic heterocycles. The summed E-state index contributed by atoms with van der Waals surface area (Å²) in [6.45, 7) is 4.24. The summed E-state index contributed by atoms with van der Waals surface area (Å²) in [5.41, 5.74) is 0. The maximum absolute atomic E-state index is 11.9. The molecule has 1 rings (SSSR count). The molecule has 0 fully saturated rings. The Hall–Kier alpha value is -1.82. The largest absolute Gasteiger partial charge is 0.467 e. The first-order valence-corrected chi connectivity index (χ1v) is 6.20. The molecule has 1 amide bonds. The highest BCUT2D eigenvalue weighted by atomic mass is 16.5. The highest BCUT2D eigenvalue weighted by Crippen LogP contribution is 2.01. The van der Waals surface area contributed by atoms with Crippen LogP contribution in [0.5, 0.6) is 0 Å². The first kappa shape index (κ1) is 15.2. The normalized spacial score (nSPS) is 12.2. The molecule has 19 heavy (non-hydrogen) atoms. The fraction of sp³-hybridized carbons (Fsp3) is 0.538. The van der Waals surface area contributed by atoms with Crippen LogP contribution in [0, 0.1) is 0 Å². The van der Waals surface area contributed by atoms with E-state index in [1.54, 1.807) is 44.2 Å². The van der Waals surface area contributed by atoms with Crippen LogP contribution in [0.4, 0.5) is 0 Å². The second-order valence-electron chi connectivity index (χ2n) is 4.19. The lowest BCUT2D eigenvalue weighted by Gasteiger charge is -2.22. The van der Waals surface area contributed by atoms with Crippen molar-refractivity contribution in [1.82, 2.24) is 10.2 Å². The molecule has 0 aliphatic rings. The number of rotatable bonds is 7. The van der Waals surface area contributed by atoms with Gasteiger partial charge in [0.05, 0.1) is 32.0 Å². The Morgan fingerprint density at radius 3 is 2.84 bits per heavy atom. The molecule has 1 atom stereocenters. The van der Waals surface area contributed by atoms with E-state index < -0.39 is 6.04 Å². The molecule has 0 bridgehead atoms. The van der Waals surface area contributed by atoms with Gasteiger partial charge >= 0.3 is 5.97 Å². The Labute approximate surface area is 112 Å². The molecular weight excluding hydrogens is 248 g/mol. The number of nitrogens with one attached hydrogen (secondary N) is 1. The monoisotopic (exact) mass is 268 g/mol. The fourth-order valence-electron chi connectivity index (χ4n) is 1.48. The van der Waals surface area contributed by atoms with Gasteiger partial charge in [0, 0.05) is 0 Å². The summed E-state index contributed by atoms with van der Waals surface area (Å²) < 4.78 is 9.95. The number of hydrogen-bond donors (Lipinski definition) is 1. The fourth-order valence-corrected chi connectivity index (χ4v) is 1.48. The second-order valence-corrected chi connectivity index (χ2v) is 4.19. The van der Waals surface area contributed by atoms with Crippen LogP contribution in [-0.4, -0.2) is 43.0 Å². The van der Waals surface area contributed by atoms with Crippen molar-refractivity contribution in [2.75, 3.05) is 20.2 Å². The molecule has 0 aliphatic heterocycles. The van der Waals surface area contributed by atoms with Crippen molar-refractivity contribution in [2.45, 2.75) is 26.4 Å². The zero-order valence-electron chi connectivity index (χ0n) is 11.5. The van der Waals surface area contributed by atoms with E-state index >= 15 is 0 Å². The first-order valence-electron chi connectivity index (χ1n) is 6.20. The van der Waals surface area contributed by atoms with Gasteiger partial charge in [0.25, 0.3) is 0 Å². The molecule has 0 aromatic carbocycles. The van der Waals surface area contributed by atoms with Gasteiger partial charge in [-0.25, -0.2) is 0 Å². The molecule has 0 saturated heterocycles. The maximum Gasteiger partial charge on any atom is 0.320 e. The van der Waals surface area contributed by atoms with Crippen LogP contribution in [0.2, 0.25) is 0 Å². The Bertz CT molecular complexity index is 403. The minimum Gasteiger partial charge on any atom is -0.467 e. The molecule has 0 spiro atoms. The van der Waals surface area contributed by atoms with E-state index in [4.69, 9.17) is 9.15 Å². The first-order chi connectivity index (χ1) is 9.04. The lowest BCUT2D eigenvalue weighted by atomic mass is 10.2. The molecule has 0 saturated carbocycles. The lowest BCUT2D eigenvalue weighted by molar-refractivity contribution is -0.145. The van der Waals surface area contributed by atoms with Crippen LogP contribution >= 0.6 is 0 Å². The number of carbonyl (C=O) groups excluding carboxylic acids is 2. The van der Waals surface area contributed by atoms with Gasteiger partial charge in [0.2, 0.25) is 5.91 Å². The molecule has 1 N–H and O–H groups in total. The number of carbonyl (C=O) groups is 2. The van der Waals surface area contributed by atoms with Crippen LogP contribution in [0.15, 0.2) is 22.8 Å². The summed E-state index contributed by atoms with van der Waals surface area (Å²) in [5, 5.41) is 2.74. The zero-order chi connectivity index (χ0) is 14.3. The predicted octanol–water partition coefficient (Wildman–Crippen LogP) is 0.779. The average Bonchev–Trinajstić information content (AvgIpc) is 2.88. The number of esters is 1. The highest BCUT2D eigenvalue weighted by Gasteiger charge is 2.20. The highest BCUT2D eigenvalue weighted by molar-refractivity contribution is 5.82. The third kappa shape index (κ3) is 5.13. The van der Waals surface area contributed by atoms with E-state index in [2.05, 4.69) is 5.32 Å². The summed E-state index contributed by atoms with van der Waals surface area (Å²) in [5.74, 6) is 0.187. The average molecular weight is 268 g/mol. The van der Waals surface area contributed by atoms with Gasteiger partial charge in [-0.1, -0.05) is 0 Å². The minimum atomic E-state index is -0.417. The van der Waals surface area contributed by atoms with Gasteiger partial charge in [0.15, 0.2) is 0 Å². The summed E-state index contributed by atoms with van der Waals surface area (Å²) >= 11 is 0. The van der Waals surface area contributed by atoms with Crippen LogP contribution in [0.25, 0.3) is 0 Å². The number of likely N-dealkylation sites (N-methyl/N-ethyl adjacent to an activating group) is 1. The Kier molecular flexibility index (Phi) is 6.08. The van der Waals surface area contributed by atoms with E-state index in [-0.39, 0.29) is 18.4 Å². The smallest absolute Gasteiger partial charge is 0.320 e. The molecule has 106 valence electrons. The van der Waals surface area contributed by atoms with Gasteiger partial charge < -0.3 is 14.5 Å². The standard InChI is InChI=1S/C13H20N2O4/c1-4-18-12(16)9-15(3)10(2)13(17)14-8-11-6-5-7-19-11/h5-7,10H,4,8-9H2,1-3H3,(H,14,17). The number of hydrogen-bond acceptors (Lipinski definition) is 5. The Balaban J connectivity index is 2.36. The molecular formula is C13H20N2O4. The SMILES string of the molecule is CCOC(=O)CN(C)C(C)C(=O)NCc1ccco1. The van der Waals surface area contributed by atoms with Crippen molar-refractivity contribution in [2.24, 2.45) is 0 Å². The van der Waals surface area contributed by atoms with Crippen LogP contribution in [0.3, 0.4) is 0 Å². The molecule has 1 unspecified atom stereocenters. The maximum atomic E-state index is 11.9. The number of ether oxygens (including phenoxy) is 1. The summed E-state index contributed by atoms with van der Waals surface area (Å²) in [6, 6.07) is 3.13. The van der Waals surface area contributed by atoms with Gasteiger partial charge in [-0.2, -0.15) is 0 Å². The van der Waals surface area contributed by atoms with Crippen molar-refractivity contribution in [1.29, 1.82) is 0 Å². The summed E-state index contributed by atoms with van der Waals surface area (Å²) in [4.78, 5) is 24.8. The quantitative estimate of drug-likeness (QED) is 0.740. The van der Waals surface area contributed by atoms with E-state index in [1.807, 2.05) is 0 Å². The van der Waals surface area contributed by atoms with Crippen molar-refractivity contribution in [3.8, 4) is 0 Å². The third-order valence-corrected chi connectivity index (χ3v) is 2.74. The molecule has 6 nitrogen and oxygen atoms in total. The van der Waals surface area contributed by atoms with Crippen molar-refractivity contribution >= 4 is 11.9 Å². The Morgan fingerprint density at radius 2 is 2.26 bits per heavy atom. The molecule has 6 heteroatoms. The van der Waals surface area contributed by atoms with E-state index in [1.165, 1.54) is 0 Å². The Morgan fingerprint density at radius 1 is 1.53 bits per heavy atom. The van der Waals surface area contributed by atoms with Gasteiger partial charge in [0.1, 0.15) is 5.76 Å². The second kappa shape index (κ2) is 7.58. The molecule has 0 radical (unpaired) electrons. The van der Waals surface area contributed by atoms with Crippen molar-refractivity contribution in [3.05, 3.63) is 24.2 Å². The number of furan rings is 1.